The summed E-state index contributed by atoms with van der Waals surface area (Å²) in [5.74, 6) is 0.771. The van der Waals surface area contributed by atoms with Gasteiger partial charge in [0.2, 0.25) is 0 Å². The summed E-state index contributed by atoms with van der Waals surface area (Å²) < 4.78 is 0. The van der Waals surface area contributed by atoms with Gasteiger partial charge >= 0.3 is 0 Å². The first-order valence-electron chi connectivity index (χ1n) is 8.43. The molecule has 3 nitrogen and oxygen atoms in total. The van der Waals surface area contributed by atoms with E-state index in [2.05, 4.69) is 4.99 Å². The average molecular weight is 381 g/mol. The van der Waals surface area contributed by atoms with Crippen LogP contribution in [0.25, 0.3) is 10.8 Å². The van der Waals surface area contributed by atoms with E-state index in [1.807, 2.05) is 66.7 Å². The standard InChI is InChI=1S/C21H17ClN2OS/c22-19-9-5-15(6-10-19)14-26-21-23-11-12-24(21)20(25)18-8-7-16-3-1-2-4-17(16)13-18/h1-10,13H,11-12,14H2. The lowest BCUT2D eigenvalue weighted by atomic mass is 10.1. The zero-order valence-electron chi connectivity index (χ0n) is 14.1. The normalized spacial score (nSPS) is 13.9. The van der Waals surface area contributed by atoms with Gasteiger partial charge in [-0.25, -0.2) is 0 Å². The number of thioether (sulfide) groups is 1. The Kier molecular flexibility index (Phi) is 4.96. The summed E-state index contributed by atoms with van der Waals surface area (Å²) >= 11 is 7.52. The zero-order valence-corrected chi connectivity index (χ0v) is 15.6. The third kappa shape index (κ3) is 3.62. The Morgan fingerprint density at radius 3 is 2.62 bits per heavy atom. The molecule has 1 aliphatic rings. The van der Waals surface area contributed by atoms with Crippen molar-refractivity contribution in [3.05, 3.63) is 82.9 Å². The lowest BCUT2D eigenvalue weighted by Crippen LogP contribution is -2.32. The summed E-state index contributed by atoms with van der Waals surface area (Å²) in [4.78, 5) is 19.3. The second-order valence-corrected chi connectivity index (χ2v) is 7.48. The van der Waals surface area contributed by atoms with Crippen LogP contribution >= 0.6 is 23.4 Å². The van der Waals surface area contributed by atoms with Crippen LogP contribution in [0.1, 0.15) is 15.9 Å². The van der Waals surface area contributed by atoms with Gasteiger partial charge in [-0.15, -0.1) is 0 Å². The molecule has 1 amide bonds. The van der Waals surface area contributed by atoms with Crippen molar-refractivity contribution in [1.29, 1.82) is 0 Å². The van der Waals surface area contributed by atoms with E-state index in [-0.39, 0.29) is 5.91 Å². The van der Waals surface area contributed by atoms with Crippen LogP contribution in [0.4, 0.5) is 0 Å². The quantitative estimate of drug-likeness (QED) is 0.622. The molecule has 0 aliphatic carbocycles. The third-order valence-corrected chi connectivity index (χ3v) is 5.66. The molecule has 0 fully saturated rings. The van der Waals surface area contributed by atoms with Crippen molar-refractivity contribution >= 4 is 45.2 Å². The summed E-state index contributed by atoms with van der Waals surface area (Å²) in [5, 5.41) is 3.73. The highest BCUT2D eigenvalue weighted by Gasteiger charge is 2.25. The molecule has 0 unspecified atom stereocenters. The molecule has 0 spiro atoms. The van der Waals surface area contributed by atoms with Gasteiger partial charge in [0.05, 0.1) is 6.54 Å². The number of rotatable bonds is 3. The van der Waals surface area contributed by atoms with Gasteiger partial charge in [0.25, 0.3) is 5.91 Å². The highest BCUT2D eigenvalue weighted by Crippen LogP contribution is 2.23. The van der Waals surface area contributed by atoms with Gasteiger partial charge in [0.1, 0.15) is 0 Å². The van der Waals surface area contributed by atoms with E-state index < -0.39 is 0 Å². The third-order valence-electron chi connectivity index (χ3n) is 4.32. The monoisotopic (exact) mass is 380 g/mol. The number of fused-ring (bicyclic) bond motifs is 1. The number of carbonyl (C=O) groups is 1. The van der Waals surface area contributed by atoms with E-state index in [0.29, 0.717) is 18.7 Å². The summed E-state index contributed by atoms with van der Waals surface area (Å²) in [6.45, 7) is 1.29. The number of hydrogen-bond acceptors (Lipinski definition) is 3. The van der Waals surface area contributed by atoms with E-state index in [9.17, 15) is 4.79 Å². The molecule has 3 aromatic carbocycles. The van der Waals surface area contributed by atoms with Crippen molar-refractivity contribution < 1.29 is 4.79 Å². The minimum Gasteiger partial charge on any atom is -0.286 e. The van der Waals surface area contributed by atoms with Crippen molar-refractivity contribution in [2.24, 2.45) is 4.99 Å². The predicted molar refractivity (Wildman–Crippen MR) is 110 cm³/mol. The molecule has 1 aliphatic heterocycles. The van der Waals surface area contributed by atoms with E-state index in [1.54, 1.807) is 16.7 Å². The number of aliphatic imine (C=N–C) groups is 1. The number of amides is 1. The topological polar surface area (TPSA) is 32.7 Å². The molecule has 0 saturated carbocycles. The maximum absolute atomic E-state index is 13.0. The second-order valence-electron chi connectivity index (χ2n) is 6.10. The zero-order chi connectivity index (χ0) is 17.9. The maximum atomic E-state index is 13.0. The fourth-order valence-corrected chi connectivity index (χ4v) is 4.07. The molecule has 5 heteroatoms. The predicted octanol–water partition coefficient (Wildman–Crippen LogP) is 5.24. The van der Waals surface area contributed by atoms with Crippen LogP contribution in [0.3, 0.4) is 0 Å². The molecule has 130 valence electrons. The highest BCUT2D eigenvalue weighted by atomic mass is 35.5. The number of amidine groups is 1. The Labute approximate surface area is 161 Å². The van der Waals surface area contributed by atoms with Gasteiger partial charge < -0.3 is 0 Å². The molecular weight excluding hydrogens is 364 g/mol. The van der Waals surface area contributed by atoms with Crippen LogP contribution in [0.2, 0.25) is 5.02 Å². The van der Waals surface area contributed by atoms with Gasteiger partial charge in [-0.2, -0.15) is 0 Å². The van der Waals surface area contributed by atoms with E-state index >= 15 is 0 Å². The Hall–Kier alpha value is -2.30. The van der Waals surface area contributed by atoms with Crippen LogP contribution in [-0.2, 0) is 5.75 Å². The van der Waals surface area contributed by atoms with Crippen LogP contribution < -0.4 is 0 Å². The number of nitrogens with zero attached hydrogens (tertiary/aromatic N) is 2. The molecule has 0 saturated heterocycles. The molecule has 4 rings (SSSR count). The largest absolute Gasteiger partial charge is 0.286 e. The van der Waals surface area contributed by atoms with Crippen molar-refractivity contribution in [3.63, 3.8) is 0 Å². The van der Waals surface area contributed by atoms with Crippen LogP contribution in [0, 0.1) is 0 Å². The average Bonchev–Trinajstić information content (AvgIpc) is 3.15. The number of halogens is 1. The van der Waals surface area contributed by atoms with E-state index in [0.717, 1.165) is 32.3 Å². The van der Waals surface area contributed by atoms with Crippen LogP contribution in [0.15, 0.2) is 71.7 Å². The van der Waals surface area contributed by atoms with E-state index in [4.69, 9.17) is 11.6 Å². The first-order valence-corrected chi connectivity index (χ1v) is 9.79. The molecule has 3 aromatic rings. The first kappa shape index (κ1) is 17.1. The van der Waals surface area contributed by atoms with Crippen molar-refractivity contribution in [1.82, 2.24) is 4.90 Å². The van der Waals surface area contributed by atoms with Gasteiger partial charge in [0, 0.05) is 22.9 Å². The molecule has 0 atom stereocenters. The Balaban J connectivity index is 1.49. The fraction of sp³-hybridized carbons (Fsp3) is 0.143. The highest BCUT2D eigenvalue weighted by molar-refractivity contribution is 8.13. The summed E-state index contributed by atoms with van der Waals surface area (Å²) in [6, 6.07) is 21.7. The minimum atomic E-state index is 0.00982. The van der Waals surface area contributed by atoms with Gasteiger partial charge in [-0.3, -0.25) is 14.7 Å². The fourth-order valence-electron chi connectivity index (χ4n) is 2.95. The van der Waals surface area contributed by atoms with Crippen LogP contribution in [-0.4, -0.2) is 29.1 Å². The number of hydrogen-bond donors (Lipinski definition) is 0. The molecule has 0 aromatic heterocycles. The summed E-state index contributed by atoms with van der Waals surface area (Å²) in [6.07, 6.45) is 0. The SMILES string of the molecule is O=C(c1ccc2ccccc2c1)N1CCN=C1SCc1ccc(Cl)cc1. The molecule has 1 heterocycles. The Morgan fingerprint density at radius 2 is 1.81 bits per heavy atom. The molecule has 26 heavy (non-hydrogen) atoms. The molecule has 0 N–H and O–H groups in total. The first-order chi connectivity index (χ1) is 12.7. The lowest BCUT2D eigenvalue weighted by molar-refractivity contribution is 0.0861. The molecule has 0 radical (unpaired) electrons. The van der Waals surface area contributed by atoms with Gasteiger partial charge in [-0.05, 0) is 40.6 Å². The van der Waals surface area contributed by atoms with Crippen molar-refractivity contribution in [2.75, 3.05) is 13.1 Å². The van der Waals surface area contributed by atoms with Crippen molar-refractivity contribution in [3.8, 4) is 0 Å². The van der Waals surface area contributed by atoms with Crippen molar-refractivity contribution in [2.45, 2.75) is 5.75 Å². The van der Waals surface area contributed by atoms with Crippen LogP contribution in [0.5, 0.6) is 0 Å². The van der Waals surface area contributed by atoms with Gasteiger partial charge in [0.15, 0.2) is 5.17 Å². The molecular formula is C21H17ClN2OS. The van der Waals surface area contributed by atoms with E-state index in [1.165, 1.54) is 0 Å². The minimum absolute atomic E-state index is 0.00982. The summed E-state index contributed by atoms with van der Waals surface area (Å²) in [7, 11) is 0. The summed E-state index contributed by atoms with van der Waals surface area (Å²) in [5.41, 5.74) is 1.86. The molecule has 0 bridgehead atoms. The number of carbonyl (C=O) groups excluding carboxylic acids is 1. The Bertz CT molecular complexity index is 985. The number of benzene rings is 3. The maximum Gasteiger partial charge on any atom is 0.259 e. The lowest BCUT2D eigenvalue weighted by Gasteiger charge is -2.18. The Morgan fingerprint density at radius 1 is 1.04 bits per heavy atom. The van der Waals surface area contributed by atoms with Gasteiger partial charge in [-0.1, -0.05) is 65.8 Å². The smallest absolute Gasteiger partial charge is 0.259 e. The second kappa shape index (κ2) is 7.52.